The van der Waals surface area contributed by atoms with Gasteiger partial charge < -0.3 is 15.6 Å². The molecule has 4 rings (SSSR count). The minimum atomic E-state index is -0.526. The highest BCUT2D eigenvalue weighted by Crippen LogP contribution is 2.34. The third-order valence-electron chi connectivity index (χ3n) is 4.32. The molecule has 1 aromatic heterocycles. The van der Waals surface area contributed by atoms with Gasteiger partial charge in [-0.2, -0.15) is 0 Å². The summed E-state index contributed by atoms with van der Waals surface area (Å²) in [4.78, 5) is 23.7. The Morgan fingerprint density at radius 2 is 2.00 bits per heavy atom. The second kappa shape index (κ2) is 5.39. The molecule has 0 aliphatic carbocycles. The first-order valence-corrected chi connectivity index (χ1v) is 7.96. The number of nitrogens with zero attached hydrogens (tertiary/aromatic N) is 1. The molecule has 0 spiro atoms. The summed E-state index contributed by atoms with van der Waals surface area (Å²) in [6, 6.07) is 12.7. The van der Waals surface area contributed by atoms with Crippen LogP contribution in [0.4, 0.5) is 0 Å². The van der Waals surface area contributed by atoms with E-state index in [9.17, 15) is 9.59 Å². The second-order valence-electron chi connectivity index (χ2n) is 5.71. The summed E-state index contributed by atoms with van der Waals surface area (Å²) in [7, 11) is 0. The van der Waals surface area contributed by atoms with Gasteiger partial charge in [0.05, 0.1) is 21.8 Å². The fourth-order valence-electron chi connectivity index (χ4n) is 3.28. The molecule has 0 fully saturated rings. The summed E-state index contributed by atoms with van der Waals surface area (Å²) < 4.78 is 2.00. The average Bonchev–Trinajstić information content (AvgIpc) is 2.90. The van der Waals surface area contributed by atoms with Crippen molar-refractivity contribution in [2.75, 3.05) is 6.54 Å². The smallest absolute Gasteiger partial charge is 0.253 e. The van der Waals surface area contributed by atoms with Crippen LogP contribution >= 0.6 is 11.6 Å². The van der Waals surface area contributed by atoms with E-state index in [4.69, 9.17) is 17.3 Å². The Kier molecular flexibility index (Phi) is 3.32. The molecule has 0 radical (unpaired) electrons. The van der Waals surface area contributed by atoms with Crippen molar-refractivity contribution in [3.8, 4) is 5.69 Å². The van der Waals surface area contributed by atoms with Gasteiger partial charge in [-0.15, -0.1) is 0 Å². The van der Waals surface area contributed by atoms with E-state index < -0.39 is 5.91 Å². The predicted molar refractivity (Wildman–Crippen MR) is 92.8 cm³/mol. The Morgan fingerprint density at radius 3 is 2.75 bits per heavy atom. The highest BCUT2D eigenvalue weighted by Gasteiger charge is 2.26. The normalized spacial score (nSPS) is 13.6. The van der Waals surface area contributed by atoms with Crippen LogP contribution in [0, 0.1) is 0 Å². The Labute approximate surface area is 143 Å². The highest BCUT2D eigenvalue weighted by atomic mass is 35.5. The predicted octanol–water partition coefficient (Wildman–Crippen LogP) is 2.67. The number of para-hydroxylation sites is 1. The Morgan fingerprint density at radius 1 is 1.21 bits per heavy atom. The van der Waals surface area contributed by atoms with Gasteiger partial charge in [-0.05, 0) is 24.3 Å². The third kappa shape index (κ3) is 2.09. The van der Waals surface area contributed by atoms with Crippen molar-refractivity contribution in [2.45, 2.75) is 6.42 Å². The number of hydrogen-bond acceptors (Lipinski definition) is 2. The fourth-order valence-corrected chi connectivity index (χ4v) is 3.55. The van der Waals surface area contributed by atoms with E-state index in [1.807, 2.05) is 28.8 Å². The third-order valence-corrected chi connectivity index (χ3v) is 4.62. The molecule has 120 valence electrons. The number of primary amides is 1. The van der Waals surface area contributed by atoms with Crippen molar-refractivity contribution >= 4 is 34.3 Å². The minimum absolute atomic E-state index is 0.0731. The average molecular weight is 340 g/mol. The van der Waals surface area contributed by atoms with Crippen LogP contribution in [0.2, 0.25) is 5.02 Å². The van der Waals surface area contributed by atoms with Gasteiger partial charge in [0.2, 0.25) is 5.91 Å². The highest BCUT2D eigenvalue weighted by molar-refractivity contribution is 6.33. The molecule has 2 heterocycles. The van der Waals surface area contributed by atoms with Crippen LogP contribution in [-0.4, -0.2) is 22.9 Å². The largest absolute Gasteiger partial charge is 0.366 e. The van der Waals surface area contributed by atoms with Crippen LogP contribution in [-0.2, 0) is 6.42 Å². The molecule has 0 unspecified atom stereocenters. The summed E-state index contributed by atoms with van der Waals surface area (Å²) in [5.74, 6) is -0.599. The van der Waals surface area contributed by atoms with Gasteiger partial charge in [0.25, 0.3) is 5.91 Å². The number of benzene rings is 2. The number of fused-ring (bicyclic) bond motifs is 3. The molecule has 0 atom stereocenters. The Balaban J connectivity index is 2.04. The van der Waals surface area contributed by atoms with Crippen LogP contribution in [0.1, 0.15) is 26.4 Å². The van der Waals surface area contributed by atoms with Crippen molar-refractivity contribution in [3.05, 3.63) is 64.3 Å². The van der Waals surface area contributed by atoms with Gasteiger partial charge in [0.1, 0.15) is 0 Å². The molecule has 6 heteroatoms. The first-order valence-electron chi connectivity index (χ1n) is 7.58. The summed E-state index contributed by atoms with van der Waals surface area (Å²) in [6.45, 7) is 0.582. The number of rotatable bonds is 2. The first kappa shape index (κ1) is 14.8. The molecule has 5 nitrogen and oxygen atoms in total. The number of nitrogens with two attached hydrogens (primary N) is 1. The molecular formula is C18H14ClN3O2. The van der Waals surface area contributed by atoms with Gasteiger partial charge in [0.15, 0.2) is 0 Å². The van der Waals surface area contributed by atoms with Gasteiger partial charge in [-0.1, -0.05) is 29.8 Å². The monoisotopic (exact) mass is 339 g/mol. The molecular weight excluding hydrogens is 326 g/mol. The molecule has 0 saturated heterocycles. The van der Waals surface area contributed by atoms with E-state index in [1.165, 1.54) is 0 Å². The zero-order chi connectivity index (χ0) is 16.8. The van der Waals surface area contributed by atoms with E-state index in [2.05, 4.69) is 5.32 Å². The maximum Gasteiger partial charge on any atom is 0.253 e. The van der Waals surface area contributed by atoms with Crippen molar-refractivity contribution < 1.29 is 9.59 Å². The summed E-state index contributed by atoms with van der Waals surface area (Å²) >= 11 is 6.42. The number of aromatic nitrogens is 1. The van der Waals surface area contributed by atoms with E-state index in [0.717, 1.165) is 22.3 Å². The van der Waals surface area contributed by atoms with Crippen LogP contribution in [0.15, 0.2) is 42.5 Å². The molecule has 24 heavy (non-hydrogen) atoms. The molecule has 2 aromatic carbocycles. The van der Waals surface area contributed by atoms with Crippen LogP contribution in [0.5, 0.6) is 0 Å². The summed E-state index contributed by atoms with van der Waals surface area (Å²) in [6.07, 6.45) is 0.712. The number of carbonyl (C=O) groups is 2. The van der Waals surface area contributed by atoms with Crippen molar-refractivity contribution in [1.82, 2.24) is 9.88 Å². The van der Waals surface area contributed by atoms with Gasteiger partial charge in [0, 0.05) is 29.6 Å². The molecule has 2 amide bonds. The number of carbonyl (C=O) groups excluding carboxylic acids is 2. The van der Waals surface area contributed by atoms with E-state index in [0.29, 0.717) is 29.1 Å². The number of amides is 2. The SMILES string of the molecule is NC(=O)c1ccc(-n2c3c(c4ccccc42)C(=O)NCC3)c(Cl)c1. The molecule has 1 aliphatic rings. The number of hydrogen-bond donors (Lipinski definition) is 2. The molecule has 0 bridgehead atoms. The molecule has 1 aliphatic heterocycles. The van der Waals surface area contributed by atoms with Crippen molar-refractivity contribution in [3.63, 3.8) is 0 Å². The van der Waals surface area contributed by atoms with Crippen LogP contribution in [0.3, 0.4) is 0 Å². The number of halogens is 1. The van der Waals surface area contributed by atoms with E-state index in [1.54, 1.807) is 18.2 Å². The maximum atomic E-state index is 12.4. The van der Waals surface area contributed by atoms with Crippen molar-refractivity contribution in [1.29, 1.82) is 0 Å². The lowest BCUT2D eigenvalue weighted by Crippen LogP contribution is -2.32. The zero-order valence-corrected chi connectivity index (χ0v) is 13.4. The second-order valence-corrected chi connectivity index (χ2v) is 6.12. The Hall–Kier alpha value is -2.79. The van der Waals surface area contributed by atoms with Gasteiger partial charge >= 0.3 is 0 Å². The lowest BCUT2D eigenvalue weighted by Gasteiger charge is -2.17. The fraction of sp³-hybridized carbons (Fsp3) is 0.111. The lowest BCUT2D eigenvalue weighted by molar-refractivity contribution is 0.0946. The topological polar surface area (TPSA) is 77.1 Å². The molecule has 3 aromatic rings. The zero-order valence-electron chi connectivity index (χ0n) is 12.7. The van der Waals surface area contributed by atoms with Crippen molar-refractivity contribution in [2.24, 2.45) is 5.73 Å². The number of nitrogens with one attached hydrogen (secondary N) is 1. The first-order chi connectivity index (χ1) is 11.6. The lowest BCUT2D eigenvalue weighted by atomic mass is 10.1. The maximum absolute atomic E-state index is 12.4. The Bertz CT molecular complexity index is 1010. The van der Waals surface area contributed by atoms with Crippen LogP contribution in [0.25, 0.3) is 16.6 Å². The standard InChI is InChI=1S/C18H14ClN3O2/c19-12-9-10(17(20)23)5-6-14(12)22-13-4-2-1-3-11(13)16-15(22)7-8-21-18(16)24/h1-6,9H,7-8H2,(H2,20,23)(H,21,24). The minimum Gasteiger partial charge on any atom is -0.366 e. The molecule has 3 N–H and O–H groups in total. The van der Waals surface area contributed by atoms with Gasteiger partial charge in [-0.25, -0.2) is 0 Å². The summed E-state index contributed by atoms with van der Waals surface area (Å²) in [5, 5.41) is 4.19. The molecule has 0 saturated carbocycles. The van der Waals surface area contributed by atoms with E-state index >= 15 is 0 Å². The van der Waals surface area contributed by atoms with E-state index in [-0.39, 0.29) is 5.91 Å². The summed E-state index contributed by atoms with van der Waals surface area (Å²) in [5.41, 5.74) is 8.92. The van der Waals surface area contributed by atoms with Gasteiger partial charge in [-0.3, -0.25) is 9.59 Å². The quantitative estimate of drug-likeness (QED) is 0.753. The van der Waals surface area contributed by atoms with Crippen LogP contribution < -0.4 is 11.1 Å².